The first-order valence-electron chi connectivity index (χ1n) is 4.02. The van der Waals surface area contributed by atoms with Crippen molar-refractivity contribution in [3.63, 3.8) is 0 Å². The van der Waals surface area contributed by atoms with Crippen molar-refractivity contribution in [3.05, 3.63) is 24.5 Å². The highest BCUT2D eigenvalue weighted by atomic mass is 32.2. The molecule has 0 saturated carbocycles. The summed E-state index contributed by atoms with van der Waals surface area (Å²) in [5, 5.41) is 0.451. The molecule has 0 fully saturated rings. The second-order valence-corrected chi connectivity index (χ2v) is 4.32. The molecule has 12 heavy (non-hydrogen) atoms. The van der Waals surface area contributed by atoms with Crippen LogP contribution in [0.25, 0.3) is 0 Å². The predicted octanol–water partition coefficient (Wildman–Crippen LogP) is 1.91. The van der Waals surface area contributed by atoms with Gasteiger partial charge in [0.15, 0.2) is 0 Å². The first kappa shape index (κ1) is 9.55. The number of hydrogen-bond acceptors (Lipinski definition) is 3. The third-order valence-corrected chi connectivity index (χ3v) is 3.06. The van der Waals surface area contributed by atoms with Crippen LogP contribution in [0, 0.1) is 0 Å². The molecule has 1 aromatic rings. The monoisotopic (exact) mass is 182 g/mol. The van der Waals surface area contributed by atoms with E-state index in [1.54, 1.807) is 24.2 Å². The van der Waals surface area contributed by atoms with E-state index in [0.717, 1.165) is 0 Å². The topological polar surface area (TPSA) is 38.9 Å². The largest absolute Gasteiger partial charge is 0.327 e. The summed E-state index contributed by atoms with van der Waals surface area (Å²) < 4.78 is 0. The van der Waals surface area contributed by atoms with Gasteiger partial charge in [0.2, 0.25) is 0 Å². The van der Waals surface area contributed by atoms with Crippen molar-refractivity contribution < 1.29 is 0 Å². The molecule has 0 aliphatic carbocycles. The predicted molar refractivity (Wildman–Crippen MR) is 53.2 cm³/mol. The Morgan fingerprint density at radius 2 is 1.92 bits per heavy atom. The van der Waals surface area contributed by atoms with Gasteiger partial charge in [-0.3, -0.25) is 4.98 Å². The minimum atomic E-state index is 0.225. The first-order valence-corrected chi connectivity index (χ1v) is 4.90. The van der Waals surface area contributed by atoms with Crippen LogP contribution in [0.1, 0.15) is 13.8 Å². The summed E-state index contributed by atoms with van der Waals surface area (Å²) in [5.74, 6) is 0. The van der Waals surface area contributed by atoms with Crippen molar-refractivity contribution in [1.82, 2.24) is 4.98 Å². The van der Waals surface area contributed by atoms with Crippen molar-refractivity contribution >= 4 is 11.8 Å². The van der Waals surface area contributed by atoms with Gasteiger partial charge in [0.25, 0.3) is 0 Å². The SMILES string of the molecule is CC(N)C(C)Sc1ccncc1. The Kier molecular flexibility index (Phi) is 3.56. The van der Waals surface area contributed by atoms with Gasteiger partial charge in [-0.15, -0.1) is 11.8 Å². The lowest BCUT2D eigenvalue weighted by Gasteiger charge is -2.14. The maximum absolute atomic E-state index is 5.75. The van der Waals surface area contributed by atoms with Crippen molar-refractivity contribution in [3.8, 4) is 0 Å². The minimum Gasteiger partial charge on any atom is -0.327 e. The number of pyridine rings is 1. The van der Waals surface area contributed by atoms with Crippen molar-refractivity contribution in [2.24, 2.45) is 5.73 Å². The summed E-state index contributed by atoms with van der Waals surface area (Å²) in [6, 6.07) is 4.23. The molecule has 1 aromatic heterocycles. The fraction of sp³-hybridized carbons (Fsp3) is 0.444. The van der Waals surface area contributed by atoms with Crippen LogP contribution in [0.4, 0.5) is 0 Å². The zero-order valence-electron chi connectivity index (χ0n) is 7.40. The Morgan fingerprint density at radius 3 is 2.42 bits per heavy atom. The van der Waals surface area contributed by atoms with Gasteiger partial charge < -0.3 is 5.73 Å². The lowest BCUT2D eigenvalue weighted by molar-refractivity contribution is 0.731. The van der Waals surface area contributed by atoms with Crippen molar-refractivity contribution in [2.45, 2.75) is 30.0 Å². The van der Waals surface area contributed by atoms with Crippen LogP contribution in [0.3, 0.4) is 0 Å². The summed E-state index contributed by atoms with van der Waals surface area (Å²) in [7, 11) is 0. The molecule has 1 heterocycles. The highest BCUT2D eigenvalue weighted by Gasteiger charge is 2.08. The van der Waals surface area contributed by atoms with Gasteiger partial charge in [0.1, 0.15) is 0 Å². The first-order chi connectivity index (χ1) is 5.70. The van der Waals surface area contributed by atoms with Crippen LogP contribution < -0.4 is 5.73 Å². The van der Waals surface area contributed by atoms with Crippen LogP contribution in [0.5, 0.6) is 0 Å². The number of nitrogens with zero attached hydrogens (tertiary/aromatic N) is 1. The fourth-order valence-corrected chi connectivity index (χ4v) is 1.66. The minimum absolute atomic E-state index is 0.225. The van der Waals surface area contributed by atoms with Gasteiger partial charge in [-0.25, -0.2) is 0 Å². The molecule has 0 radical (unpaired) electrons. The highest BCUT2D eigenvalue weighted by molar-refractivity contribution is 8.00. The Morgan fingerprint density at radius 1 is 1.33 bits per heavy atom. The van der Waals surface area contributed by atoms with Crippen molar-refractivity contribution in [1.29, 1.82) is 0 Å². The molecular formula is C9H14N2S. The van der Waals surface area contributed by atoms with E-state index in [-0.39, 0.29) is 6.04 Å². The third-order valence-electron chi connectivity index (χ3n) is 1.71. The van der Waals surface area contributed by atoms with Crippen molar-refractivity contribution in [2.75, 3.05) is 0 Å². The molecule has 2 N–H and O–H groups in total. The fourth-order valence-electron chi connectivity index (χ4n) is 0.739. The van der Waals surface area contributed by atoms with Gasteiger partial charge in [-0.2, -0.15) is 0 Å². The Bertz CT molecular complexity index is 223. The molecule has 2 atom stereocenters. The Hall–Kier alpha value is -0.540. The maximum atomic E-state index is 5.75. The molecule has 2 nitrogen and oxygen atoms in total. The van der Waals surface area contributed by atoms with Crippen LogP contribution in [-0.4, -0.2) is 16.3 Å². The number of nitrogens with two attached hydrogens (primary N) is 1. The number of rotatable bonds is 3. The Balaban J connectivity index is 2.53. The van der Waals surface area contributed by atoms with E-state index < -0.39 is 0 Å². The van der Waals surface area contributed by atoms with E-state index in [1.807, 2.05) is 19.1 Å². The van der Waals surface area contributed by atoms with Crippen LogP contribution >= 0.6 is 11.8 Å². The molecular weight excluding hydrogens is 168 g/mol. The van der Waals surface area contributed by atoms with Gasteiger partial charge in [0, 0.05) is 28.6 Å². The molecule has 3 heteroatoms. The molecule has 1 rings (SSSR count). The molecule has 0 bridgehead atoms. The van der Waals surface area contributed by atoms with E-state index in [0.29, 0.717) is 5.25 Å². The summed E-state index contributed by atoms with van der Waals surface area (Å²) in [6.45, 7) is 4.16. The van der Waals surface area contributed by atoms with Crippen LogP contribution in [0.2, 0.25) is 0 Å². The van der Waals surface area contributed by atoms with Gasteiger partial charge in [0.05, 0.1) is 0 Å². The van der Waals surface area contributed by atoms with E-state index in [4.69, 9.17) is 5.73 Å². The van der Waals surface area contributed by atoms with E-state index >= 15 is 0 Å². The molecule has 0 saturated heterocycles. The summed E-state index contributed by atoms with van der Waals surface area (Å²) >= 11 is 1.79. The highest BCUT2D eigenvalue weighted by Crippen LogP contribution is 2.23. The quantitative estimate of drug-likeness (QED) is 0.726. The molecule has 0 aliphatic rings. The number of thioether (sulfide) groups is 1. The second kappa shape index (κ2) is 4.48. The molecule has 0 aromatic carbocycles. The molecule has 2 unspecified atom stereocenters. The lowest BCUT2D eigenvalue weighted by Crippen LogP contribution is -2.26. The van der Waals surface area contributed by atoms with Gasteiger partial charge >= 0.3 is 0 Å². The summed E-state index contributed by atoms with van der Waals surface area (Å²) in [6.07, 6.45) is 3.60. The Labute approximate surface area is 77.6 Å². The maximum Gasteiger partial charge on any atom is 0.0278 e. The van der Waals surface area contributed by atoms with Crippen LogP contribution in [-0.2, 0) is 0 Å². The molecule has 66 valence electrons. The lowest BCUT2D eigenvalue weighted by atomic mass is 10.3. The van der Waals surface area contributed by atoms with E-state index in [2.05, 4.69) is 11.9 Å². The van der Waals surface area contributed by atoms with Gasteiger partial charge in [-0.1, -0.05) is 6.92 Å². The van der Waals surface area contributed by atoms with Gasteiger partial charge in [-0.05, 0) is 19.1 Å². The standard InChI is InChI=1S/C9H14N2S/c1-7(10)8(2)12-9-3-5-11-6-4-9/h3-8H,10H2,1-2H3. The van der Waals surface area contributed by atoms with Crippen LogP contribution in [0.15, 0.2) is 29.4 Å². The van der Waals surface area contributed by atoms with E-state index in [1.165, 1.54) is 4.90 Å². The summed E-state index contributed by atoms with van der Waals surface area (Å²) in [5.41, 5.74) is 5.75. The molecule has 0 spiro atoms. The average molecular weight is 182 g/mol. The molecule has 0 amide bonds. The second-order valence-electron chi connectivity index (χ2n) is 2.87. The normalized spacial score (nSPS) is 15.6. The number of aromatic nitrogens is 1. The molecule has 0 aliphatic heterocycles. The third kappa shape index (κ3) is 2.83. The van der Waals surface area contributed by atoms with E-state index in [9.17, 15) is 0 Å². The zero-order chi connectivity index (χ0) is 8.97. The zero-order valence-corrected chi connectivity index (χ0v) is 8.21. The number of hydrogen-bond donors (Lipinski definition) is 1. The summed E-state index contributed by atoms with van der Waals surface area (Å²) in [4.78, 5) is 5.18. The smallest absolute Gasteiger partial charge is 0.0278 e. The average Bonchev–Trinajstić information content (AvgIpc) is 2.06.